The lowest BCUT2D eigenvalue weighted by molar-refractivity contribution is 0.102. The molecule has 2 aromatic heterocycles. The van der Waals surface area contributed by atoms with E-state index in [0.717, 1.165) is 5.69 Å². The number of hydrogen-bond donors (Lipinski definition) is 3. The predicted molar refractivity (Wildman–Crippen MR) is 69.3 cm³/mol. The van der Waals surface area contributed by atoms with Gasteiger partial charge in [-0.25, -0.2) is 4.98 Å². The van der Waals surface area contributed by atoms with E-state index in [1.54, 1.807) is 18.3 Å². The van der Waals surface area contributed by atoms with Crippen LogP contribution in [0.2, 0.25) is 0 Å². The first-order chi connectivity index (χ1) is 8.56. The zero-order valence-corrected chi connectivity index (χ0v) is 10.3. The van der Waals surface area contributed by atoms with Gasteiger partial charge in [-0.3, -0.25) is 9.89 Å². The van der Waals surface area contributed by atoms with Gasteiger partial charge in [0.1, 0.15) is 5.82 Å². The fourth-order valence-corrected chi connectivity index (χ4v) is 1.52. The highest BCUT2D eigenvalue weighted by molar-refractivity contribution is 6.04. The molecule has 6 nitrogen and oxygen atoms in total. The molecule has 0 saturated carbocycles. The second-order valence-corrected chi connectivity index (χ2v) is 4.30. The third-order valence-electron chi connectivity index (χ3n) is 2.47. The first-order valence-corrected chi connectivity index (χ1v) is 5.64. The number of aromatic nitrogens is 3. The standard InChI is InChI=1S/C12H15N5O/c1-7(2)10-3-8(4-11(13)17-10)12(18)16-9-5-14-15-6-9/h3-7H,1-2H3,(H2,13,17)(H,14,15)(H,16,18). The monoisotopic (exact) mass is 245 g/mol. The predicted octanol–water partition coefficient (Wildman–Crippen LogP) is 1.76. The van der Waals surface area contributed by atoms with Crippen molar-refractivity contribution < 1.29 is 4.79 Å². The second-order valence-electron chi connectivity index (χ2n) is 4.30. The lowest BCUT2D eigenvalue weighted by Crippen LogP contribution is -2.13. The van der Waals surface area contributed by atoms with Gasteiger partial charge in [0, 0.05) is 17.5 Å². The quantitative estimate of drug-likeness (QED) is 0.767. The molecule has 0 radical (unpaired) electrons. The molecule has 0 saturated heterocycles. The maximum Gasteiger partial charge on any atom is 0.255 e. The van der Waals surface area contributed by atoms with Crippen molar-refractivity contribution in [2.75, 3.05) is 11.1 Å². The number of amides is 1. The van der Waals surface area contributed by atoms with Crippen molar-refractivity contribution in [2.24, 2.45) is 0 Å². The van der Waals surface area contributed by atoms with Crippen LogP contribution in [0.4, 0.5) is 11.5 Å². The zero-order chi connectivity index (χ0) is 13.1. The van der Waals surface area contributed by atoms with Crippen LogP contribution in [0.1, 0.15) is 35.8 Å². The van der Waals surface area contributed by atoms with Crippen molar-refractivity contribution in [3.63, 3.8) is 0 Å². The molecule has 18 heavy (non-hydrogen) atoms. The summed E-state index contributed by atoms with van der Waals surface area (Å²) in [7, 11) is 0. The molecular weight excluding hydrogens is 230 g/mol. The Labute approximate surface area is 105 Å². The van der Waals surface area contributed by atoms with E-state index in [0.29, 0.717) is 17.1 Å². The summed E-state index contributed by atoms with van der Waals surface area (Å²) in [6.07, 6.45) is 3.14. The summed E-state index contributed by atoms with van der Waals surface area (Å²) in [5, 5.41) is 9.10. The Morgan fingerprint density at radius 1 is 1.44 bits per heavy atom. The summed E-state index contributed by atoms with van der Waals surface area (Å²) >= 11 is 0. The van der Waals surface area contributed by atoms with Gasteiger partial charge in [-0.05, 0) is 18.1 Å². The van der Waals surface area contributed by atoms with Crippen molar-refractivity contribution in [3.05, 3.63) is 35.8 Å². The number of nitrogens with two attached hydrogens (primary N) is 1. The molecule has 2 rings (SSSR count). The number of H-pyrrole nitrogens is 1. The molecule has 2 heterocycles. The summed E-state index contributed by atoms with van der Waals surface area (Å²) in [5.74, 6) is 0.333. The smallest absolute Gasteiger partial charge is 0.255 e. The number of carbonyl (C=O) groups excluding carboxylic acids is 1. The first-order valence-electron chi connectivity index (χ1n) is 5.64. The molecule has 0 aliphatic rings. The van der Waals surface area contributed by atoms with Crippen LogP contribution in [-0.2, 0) is 0 Å². The van der Waals surface area contributed by atoms with Gasteiger partial charge in [0.25, 0.3) is 5.91 Å². The van der Waals surface area contributed by atoms with E-state index in [2.05, 4.69) is 20.5 Å². The van der Waals surface area contributed by atoms with Gasteiger partial charge >= 0.3 is 0 Å². The van der Waals surface area contributed by atoms with E-state index in [1.807, 2.05) is 13.8 Å². The van der Waals surface area contributed by atoms with Gasteiger partial charge in [0.05, 0.1) is 11.9 Å². The van der Waals surface area contributed by atoms with Crippen molar-refractivity contribution in [3.8, 4) is 0 Å². The molecule has 94 valence electrons. The molecule has 0 unspecified atom stereocenters. The summed E-state index contributed by atoms with van der Waals surface area (Å²) < 4.78 is 0. The van der Waals surface area contributed by atoms with E-state index in [-0.39, 0.29) is 11.8 Å². The number of hydrogen-bond acceptors (Lipinski definition) is 4. The highest BCUT2D eigenvalue weighted by Gasteiger charge is 2.11. The maximum atomic E-state index is 12.0. The number of rotatable bonds is 3. The lowest BCUT2D eigenvalue weighted by Gasteiger charge is -2.08. The van der Waals surface area contributed by atoms with Crippen molar-refractivity contribution in [1.29, 1.82) is 0 Å². The van der Waals surface area contributed by atoms with E-state index in [9.17, 15) is 4.79 Å². The van der Waals surface area contributed by atoms with E-state index < -0.39 is 0 Å². The minimum Gasteiger partial charge on any atom is -0.384 e. The Morgan fingerprint density at radius 3 is 2.83 bits per heavy atom. The molecule has 0 aliphatic heterocycles. The topological polar surface area (TPSA) is 96.7 Å². The minimum absolute atomic E-state index is 0.217. The molecule has 0 bridgehead atoms. The normalized spacial score (nSPS) is 10.6. The molecule has 0 atom stereocenters. The van der Waals surface area contributed by atoms with Crippen LogP contribution in [0.15, 0.2) is 24.5 Å². The van der Waals surface area contributed by atoms with Crippen molar-refractivity contribution >= 4 is 17.4 Å². The van der Waals surface area contributed by atoms with Crippen LogP contribution >= 0.6 is 0 Å². The van der Waals surface area contributed by atoms with Crippen molar-refractivity contribution in [2.45, 2.75) is 19.8 Å². The summed E-state index contributed by atoms with van der Waals surface area (Å²) in [5.41, 5.74) is 7.60. The van der Waals surface area contributed by atoms with E-state index in [4.69, 9.17) is 5.73 Å². The molecule has 0 spiro atoms. The molecule has 2 aromatic rings. The molecule has 4 N–H and O–H groups in total. The van der Waals surface area contributed by atoms with Gasteiger partial charge in [0.15, 0.2) is 0 Å². The van der Waals surface area contributed by atoms with Crippen molar-refractivity contribution in [1.82, 2.24) is 15.2 Å². The number of nitrogen functional groups attached to an aromatic ring is 1. The van der Waals surface area contributed by atoms with E-state index >= 15 is 0 Å². The van der Waals surface area contributed by atoms with Gasteiger partial charge in [-0.2, -0.15) is 5.10 Å². The van der Waals surface area contributed by atoms with Crippen LogP contribution in [0.3, 0.4) is 0 Å². The lowest BCUT2D eigenvalue weighted by atomic mass is 10.1. The SMILES string of the molecule is CC(C)c1cc(C(=O)Nc2cn[nH]c2)cc(N)n1. The number of carbonyl (C=O) groups is 1. The highest BCUT2D eigenvalue weighted by atomic mass is 16.1. The Bertz CT molecular complexity index is 548. The number of nitrogens with one attached hydrogen (secondary N) is 2. The highest BCUT2D eigenvalue weighted by Crippen LogP contribution is 2.17. The molecule has 6 heteroatoms. The Kier molecular flexibility index (Phi) is 3.27. The first kappa shape index (κ1) is 12.1. The number of anilines is 2. The van der Waals surface area contributed by atoms with E-state index in [1.165, 1.54) is 6.20 Å². The van der Waals surface area contributed by atoms with Gasteiger partial charge in [-0.1, -0.05) is 13.8 Å². The van der Waals surface area contributed by atoms with Crippen LogP contribution < -0.4 is 11.1 Å². The fraction of sp³-hybridized carbons (Fsp3) is 0.250. The average Bonchev–Trinajstić information content (AvgIpc) is 2.80. The number of pyridine rings is 1. The summed E-state index contributed by atoms with van der Waals surface area (Å²) in [6, 6.07) is 3.30. The second kappa shape index (κ2) is 4.87. The number of nitrogens with zero attached hydrogens (tertiary/aromatic N) is 2. The molecule has 1 amide bonds. The maximum absolute atomic E-state index is 12.0. The van der Waals surface area contributed by atoms with Gasteiger partial charge < -0.3 is 11.1 Å². The largest absolute Gasteiger partial charge is 0.384 e. The molecule has 0 aromatic carbocycles. The van der Waals surface area contributed by atoms with Crippen LogP contribution in [-0.4, -0.2) is 21.1 Å². The Morgan fingerprint density at radius 2 is 2.22 bits per heavy atom. The fourth-order valence-electron chi connectivity index (χ4n) is 1.52. The van der Waals surface area contributed by atoms with Gasteiger partial charge in [-0.15, -0.1) is 0 Å². The molecule has 0 fully saturated rings. The Hall–Kier alpha value is -2.37. The summed E-state index contributed by atoms with van der Waals surface area (Å²) in [4.78, 5) is 16.2. The van der Waals surface area contributed by atoms with Crippen LogP contribution in [0.5, 0.6) is 0 Å². The van der Waals surface area contributed by atoms with Crippen LogP contribution in [0.25, 0.3) is 0 Å². The minimum atomic E-state index is -0.229. The average molecular weight is 245 g/mol. The third-order valence-corrected chi connectivity index (χ3v) is 2.47. The number of aromatic amines is 1. The summed E-state index contributed by atoms with van der Waals surface area (Å²) in [6.45, 7) is 4.00. The van der Waals surface area contributed by atoms with Crippen LogP contribution in [0, 0.1) is 0 Å². The molecule has 0 aliphatic carbocycles. The van der Waals surface area contributed by atoms with Gasteiger partial charge in [0.2, 0.25) is 0 Å². The molecular formula is C12H15N5O. The zero-order valence-electron chi connectivity index (χ0n) is 10.3. The Balaban J connectivity index is 2.24. The third kappa shape index (κ3) is 2.65.